The van der Waals surface area contributed by atoms with Gasteiger partial charge in [0, 0.05) is 18.0 Å². The van der Waals surface area contributed by atoms with Gasteiger partial charge in [0.15, 0.2) is 22.4 Å². The first-order valence-electron chi connectivity index (χ1n) is 7.60. The number of carbonyl (C=O) groups is 1. The highest BCUT2D eigenvalue weighted by atomic mass is 35.5. The average molecular weight is 437 g/mol. The second-order valence-electron chi connectivity index (χ2n) is 5.63. The van der Waals surface area contributed by atoms with Crippen molar-refractivity contribution in [2.45, 2.75) is 23.5 Å². The summed E-state index contributed by atoms with van der Waals surface area (Å²) < 4.78 is 66.2. The lowest BCUT2D eigenvalue weighted by atomic mass is 10.3. The fraction of sp³-hybridized carbons (Fsp3) is 0.188. The van der Waals surface area contributed by atoms with Crippen molar-refractivity contribution in [1.82, 2.24) is 14.6 Å². The summed E-state index contributed by atoms with van der Waals surface area (Å²) in [4.78, 5) is 12.3. The molecule has 12 heteroatoms. The van der Waals surface area contributed by atoms with E-state index in [9.17, 15) is 26.7 Å². The van der Waals surface area contributed by atoms with Gasteiger partial charge in [-0.05, 0) is 25.1 Å². The molecule has 0 aliphatic rings. The lowest BCUT2D eigenvalue weighted by molar-refractivity contribution is -0.137. The fourth-order valence-corrected chi connectivity index (χ4v) is 3.27. The highest BCUT2D eigenvalue weighted by molar-refractivity contribution is 8.00. The zero-order valence-electron chi connectivity index (χ0n) is 13.9. The van der Waals surface area contributed by atoms with Crippen LogP contribution in [0.25, 0.3) is 5.65 Å². The molecule has 5 nitrogen and oxygen atoms in total. The lowest BCUT2D eigenvalue weighted by Gasteiger charge is -2.12. The summed E-state index contributed by atoms with van der Waals surface area (Å²) in [6.45, 7) is 1.47. The summed E-state index contributed by atoms with van der Waals surface area (Å²) in [5, 5.41) is 8.81. The van der Waals surface area contributed by atoms with Crippen LogP contribution in [-0.2, 0) is 11.0 Å². The summed E-state index contributed by atoms with van der Waals surface area (Å²) in [5.41, 5.74) is -0.958. The molecule has 1 atom stereocenters. The molecule has 2 heterocycles. The van der Waals surface area contributed by atoms with Gasteiger partial charge in [0.05, 0.1) is 15.8 Å². The summed E-state index contributed by atoms with van der Waals surface area (Å²) >= 11 is 6.66. The summed E-state index contributed by atoms with van der Waals surface area (Å²) in [7, 11) is 0. The normalized spacial score (nSPS) is 13.0. The van der Waals surface area contributed by atoms with Gasteiger partial charge in [0.25, 0.3) is 0 Å². The van der Waals surface area contributed by atoms with Crippen LogP contribution in [-0.4, -0.2) is 25.8 Å². The second kappa shape index (κ2) is 7.55. The molecule has 0 aliphatic carbocycles. The Kier molecular flexibility index (Phi) is 5.48. The number of alkyl halides is 3. The number of carbonyl (C=O) groups excluding carboxylic acids is 1. The predicted octanol–water partition coefficient (Wildman–Crippen LogP) is 4.80. The number of pyridine rings is 1. The smallest absolute Gasteiger partial charge is 0.325 e. The lowest BCUT2D eigenvalue weighted by Crippen LogP contribution is -2.22. The molecule has 0 saturated carbocycles. The summed E-state index contributed by atoms with van der Waals surface area (Å²) in [6, 6.07) is 3.58. The number of benzene rings is 1. The van der Waals surface area contributed by atoms with E-state index in [4.69, 9.17) is 11.6 Å². The quantitative estimate of drug-likeness (QED) is 0.471. The first-order valence-corrected chi connectivity index (χ1v) is 8.86. The monoisotopic (exact) mass is 436 g/mol. The fourth-order valence-electron chi connectivity index (χ4n) is 2.20. The molecular formula is C16H10ClF5N4OS. The second-order valence-corrected chi connectivity index (χ2v) is 7.34. The van der Waals surface area contributed by atoms with E-state index in [1.54, 1.807) is 0 Å². The van der Waals surface area contributed by atoms with E-state index in [1.165, 1.54) is 13.0 Å². The summed E-state index contributed by atoms with van der Waals surface area (Å²) in [6.07, 6.45) is -3.84. The Labute approximate surface area is 163 Å². The van der Waals surface area contributed by atoms with Crippen LogP contribution >= 0.6 is 23.4 Å². The average Bonchev–Trinajstić information content (AvgIpc) is 3.01. The van der Waals surface area contributed by atoms with E-state index in [0.717, 1.165) is 40.6 Å². The molecule has 148 valence electrons. The standard InChI is InChI=1S/C16H10ClF5N4OS/c1-7(14(27)23-9-2-3-11(18)12(19)5-9)28-15-25-24-13-10(17)4-8(6-26(13)15)16(20,21)22/h2-7H,1H3,(H,23,27). The molecule has 0 saturated heterocycles. The highest BCUT2D eigenvalue weighted by Gasteiger charge is 2.32. The Morgan fingerprint density at radius 3 is 2.57 bits per heavy atom. The van der Waals surface area contributed by atoms with Gasteiger partial charge in [-0.25, -0.2) is 8.78 Å². The number of halogens is 6. The number of rotatable bonds is 4. The number of hydrogen-bond donors (Lipinski definition) is 1. The van der Waals surface area contributed by atoms with Gasteiger partial charge >= 0.3 is 6.18 Å². The third kappa shape index (κ3) is 4.20. The number of hydrogen-bond acceptors (Lipinski definition) is 4. The zero-order valence-corrected chi connectivity index (χ0v) is 15.5. The molecule has 0 aliphatic heterocycles. The molecule has 3 rings (SSSR count). The Bertz CT molecular complexity index is 1060. The van der Waals surface area contributed by atoms with Crippen molar-refractivity contribution in [3.05, 3.63) is 52.7 Å². The van der Waals surface area contributed by atoms with Crippen molar-refractivity contribution in [2.75, 3.05) is 5.32 Å². The first-order chi connectivity index (χ1) is 13.1. The summed E-state index contributed by atoms with van der Waals surface area (Å²) in [5.74, 6) is -2.78. The number of nitrogens with zero attached hydrogens (tertiary/aromatic N) is 3. The Morgan fingerprint density at radius 2 is 1.93 bits per heavy atom. The van der Waals surface area contributed by atoms with Crippen LogP contribution in [0.5, 0.6) is 0 Å². The maximum Gasteiger partial charge on any atom is 0.417 e. The molecule has 2 aromatic heterocycles. The molecule has 1 unspecified atom stereocenters. The minimum atomic E-state index is -4.63. The molecule has 3 aromatic rings. The molecule has 1 N–H and O–H groups in total. The number of aromatic nitrogens is 3. The Morgan fingerprint density at radius 1 is 1.21 bits per heavy atom. The molecule has 28 heavy (non-hydrogen) atoms. The van der Waals surface area contributed by atoms with E-state index in [0.29, 0.717) is 0 Å². The van der Waals surface area contributed by atoms with Crippen molar-refractivity contribution < 1.29 is 26.7 Å². The molecule has 0 fully saturated rings. The van der Waals surface area contributed by atoms with Crippen molar-refractivity contribution >= 4 is 40.6 Å². The SMILES string of the molecule is CC(Sc1nnc2c(Cl)cc(C(F)(F)F)cn12)C(=O)Nc1ccc(F)c(F)c1. The minimum Gasteiger partial charge on any atom is -0.325 e. The topological polar surface area (TPSA) is 59.3 Å². The molecule has 1 amide bonds. The van der Waals surface area contributed by atoms with Crippen LogP contribution in [0.2, 0.25) is 5.02 Å². The van der Waals surface area contributed by atoms with Gasteiger partial charge in [0.2, 0.25) is 5.91 Å². The molecule has 0 spiro atoms. The minimum absolute atomic E-state index is 0.00498. The first kappa shape index (κ1) is 20.3. The van der Waals surface area contributed by atoms with Crippen molar-refractivity contribution in [2.24, 2.45) is 0 Å². The van der Waals surface area contributed by atoms with E-state index in [1.807, 2.05) is 0 Å². The molecular weight excluding hydrogens is 427 g/mol. The number of fused-ring (bicyclic) bond motifs is 1. The third-order valence-electron chi connectivity index (χ3n) is 3.59. The maximum atomic E-state index is 13.2. The molecule has 0 bridgehead atoms. The number of thioether (sulfide) groups is 1. The highest BCUT2D eigenvalue weighted by Crippen LogP contribution is 2.34. The number of amides is 1. The number of nitrogens with one attached hydrogen (secondary N) is 1. The van der Waals surface area contributed by atoms with Crippen LogP contribution in [0.15, 0.2) is 35.6 Å². The van der Waals surface area contributed by atoms with Gasteiger partial charge in [0.1, 0.15) is 0 Å². The van der Waals surface area contributed by atoms with Crippen LogP contribution in [0.3, 0.4) is 0 Å². The molecule has 0 radical (unpaired) electrons. The van der Waals surface area contributed by atoms with Gasteiger partial charge in [-0.15, -0.1) is 10.2 Å². The van der Waals surface area contributed by atoms with Crippen LogP contribution < -0.4 is 5.32 Å². The number of anilines is 1. The third-order valence-corrected chi connectivity index (χ3v) is 4.93. The van der Waals surface area contributed by atoms with Gasteiger partial charge in [-0.2, -0.15) is 13.2 Å². The van der Waals surface area contributed by atoms with Gasteiger partial charge < -0.3 is 5.32 Å². The van der Waals surface area contributed by atoms with Crippen LogP contribution in [0.1, 0.15) is 12.5 Å². The zero-order chi connectivity index (χ0) is 20.6. The van der Waals surface area contributed by atoms with E-state index >= 15 is 0 Å². The van der Waals surface area contributed by atoms with Gasteiger partial charge in [-0.1, -0.05) is 23.4 Å². The molecule has 1 aromatic carbocycles. The van der Waals surface area contributed by atoms with Crippen LogP contribution in [0, 0.1) is 11.6 Å². The Balaban J connectivity index is 1.82. The maximum absolute atomic E-state index is 13.2. The Hall–Kier alpha value is -2.40. The van der Waals surface area contributed by atoms with Gasteiger partial charge in [-0.3, -0.25) is 9.20 Å². The van der Waals surface area contributed by atoms with Crippen molar-refractivity contribution in [3.63, 3.8) is 0 Å². The van der Waals surface area contributed by atoms with E-state index < -0.39 is 34.5 Å². The van der Waals surface area contributed by atoms with E-state index in [-0.39, 0.29) is 21.5 Å². The largest absolute Gasteiger partial charge is 0.417 e. The van der Waals surface area contributed by atoms with Crippen LogP contribution in [0.4, 0.5) is 27.6 Å². The van der Waals surface area contributed by atoms with Crippen molar-refractivity contribution in [1.29, 1.82) is 0 Å². The van der Waals surface area contributed by atoms with E-state index in [2.05, 4.69) is 15.5 Å². The van der Waals surface area contributed by atoms with Crippen molar-refractivity contribution in [3.8, 4) is 0 Å². The predicted molar refractivity (Wildman–Crippen MR) is 93.3 cm³/mol.